The first-order valence-corrected chi connectivity index (χ1v) is 6.82. The number of hydrogen-bond acceptors (Lipinski definition) is 1. The van der Waals surface area contributed by atoms with Crippen LogP contribution in [0.25, 0.3) is 0 Å². The second-order valence-electron chi connectivity index (χ2n) is 4.03. The third-order valence-electron chi connectivity index (χ3n) is 1.69. The third-order valence-corrected chi connectivity index (χ3v) is 1.69. The van der Waals surface area contributed by atoms with Gasteiger partial charge in [0.05, 0.1) is 0 Å². The molecule has 0 amide bonds. The van der Waals surface area contributed by atoms with Crippen molar-refractivity contribution in [1.82, 2.24) is 0 Å². The normalized spacial score (nSPS) is 12.5. The zero-order chi connectivity index (χ0) is 14.4. The minimum absolute atomic E-state index is 0. The Morgan fingerprint density at radius 3 is 1.74 bits per heavy atom. The maximum atomic E-state index is 11.5. The molecule has 0 bridgehead atoms. The van der Waals surface area contributed by atoms with Crippen LogP contribution in [0.1, 0.15) is 30.6 Å². The number of carbonyl (C=O) groups excluding carboxylic acids is 1. The number of benzene rings is 1. The second kappa shape index (κ2) is 7.48. The Morgan fingerprint density at radius 2 is 1.42 bits per heavy atom. The second-order valence-corrected chi connectivity index (χ2v) is 5.30. The monoisotopic (exact) mass is 307 g/mol. The van der Waals surface area contributed by atoms with E-state index in [-0.39, 0.29) is 10.5 Å². The summed E-state index contributed by atoms with van der Waals surface area (Å²) in [4.78, 5) is 11.5. The molecule has 1 nitrogen and oxygen atoms in total. The van der Waals surface area contributed by atoms with Gasteiger partial charge in [-0.25, -0.2) is 0 Å². The fourth-order valence-corrected chi connectivity index (χ4v) is 1.11. The van der Waals surface area contributed by atoms with Gasteiger partial charge in [-0.3, -0.25) is 4.79 Å². The van der Waals surface area contributed by atoms with E-state index in [9.17, 15) is 25.8 Å². The molecule has 0 aliphatic rings. The van der Waals surface area contributed by atoms with Crippen molar-refractivity contribution < 1.29 is 30.5 Å². The number of hydrogen-bond donors (Lipinski definition) is 0. The third kappa shape index (κ3) is 16.9. The Bertz CT molecular complexity index is 368. The largest absolute Gasteiger partial charge is 1.00 e. The van der Waals surface area contributed by atoms with E-state index in [1.54, 1.807) is 0 Å². The van der Waals surface area contributed by atoms with Crippen LogP contribution in [0.15, 0.2) is 30.3 Å². The van der Waals surface area contributed by atoms with Crippen molar-refractivity contribution in [3.8, 4) is 0 Å². The van der Waals surface area contributed by atoms with E-state index in [2.05, 4.69) is 13.8 Å². The van der Waals surface area contributed by atoms with Crippen molar-refractivity contribution in [3.05, 3.63) is 35.9 Å². The molecule has 0 atom stereocenters. The number of halogens is 6. The number of carbonyl (C=O) groups is 1. The number of rotatable bonds is 3. The summed E-state index contributed by atoms with van der Waals surface area (Å²) in [7, 11) is -8.55. The molecule has 0 aromatic heterocycles. The predicted molar refractivity (Wildman–Crippen MR) is 62.7 cm³/mol. The molecule has 112 valence electrons. The van der Waals surface area contributed by atoms with Gasteiger partial charge in [-0.05, 0) is 5.92 Å². The maximum absolute atomic E-state index is 11.5. The van der Waals surface area contributed by atoms with E-state index in [0.29, 0.717) is 12.3 Å². The summed E-state index contributed by atoms with van der Waals surface area (Å²) in [5.74, 6) is 0.684. The number of ketones is 1. The first-order valence-electron chi connectivity index (χ1n) is 5.13. The van der Waals surface area contributed by atoms with Crippen molar-refractivity contribution in [3.63, 3.8) is 0 Å². The molecule has 0 radical (unpaired) electrons. The molecule has 8 heteroatoms. The molecule has 1 aromatic carbocycles. The summed E-state index contributed by atoms with van der Waals surface area (Å²) in [5, 5.41) is 0. The van der Waals surface area contributed by atoms with Crippen LogP contribution in [0.5, 0.6) is 0 Å². The molecule has 0 fully saturated rings. The van der Waals surface area contributed by atoms with E-state index >= 15 is 0 Å². The smallest absolute Gasteiger partial charge is 1.00 e. The van der Waals surface area contributed by atoms with Crippen LogP contribution >= 0.6 is 8.16 Å². The molecule has 0 aliphatic carbocycles. The van der Waals surface area contributed by atoms with Gasteiger partial charge in [-0.15, -0.1) is 0 Å². The van der Waals surface area contributed by atoms with E-state index in [1.807, 2.05) is 30.3 Å². The standard InChI is InChI=1S/C11H14O.F5P.FH/c1-9(2)8-11(12)10-6-4-3-5-7-10;1-6(2,3,4)5;/h3-7,9H,8H2,1-2H3;;1H/p-1. The quantitative estimate of drug-likeness (QED) is 0.477. The van der Waals surface area contributed by atoms with Crippen molar-refractivity contribution in [2.45, 2.75) is 20.3 Å². The average molecular weight is 307 g/mol. The maximum Gasteiger partial charge on any atom is -1.00 e. The molecule has 0 unspecified atom stereocenters. The van der Waals surface area contributed by atoms with Gasteiger partial charge in [-0.2, -0.15) is 0 Å². The van der Waals surface area contributed by atoms with Crippen LogP contribution in [0, 0.1) is 5.92 Å². The van der Waals surface area contributed by atoms with Gasteiger partial charge < -0.3 is 4.70 Å². The fraction of sp³-hybridized carbons (Fsp3) is 0.364. The van der Waals surface area contributed by atoms with Crippen LogP contribution in [0.2, 0.25) is 0 Å². The SMILES string of the molecule is CC(C)CC(=O)c1ccccc1.FP(F)(F)(F)F.[F-]. The van der Waals surface area contributed by atoms with E-state index in [4.69, 9.17) is 0 Å². The topological polar surface area (TPSA) is 17.1 Å². The van der Waals surface area contributed by atoms with E-state index < -0.39 is 8.16 Å². The first-order chi connectivity index (χ1) is 7.93. The van der Waals surface area contributed by atoms with Crippen molar-refractivity contribution >= 4 is 13.9 Å². The van der Waals surface area contributed by atoms with Gasteiger partial charge in [0, 0.05) is 12.0 Å². The van der Waals surface area contributed by atoms with Crippen molar-refractivity contribution in [2.75, 3.05) is 0 Å². The van der Waals surface area contributed by atoms with Crippen molar-refractivity contribution in [1.29, 1.82) is 0 Å². The van der Waals surface area contributed by atoms with Crippen LogP contribution in [-0.4, -0.2) is 5.78 Å². The summed E-state index contributed by atoms with van der Waals surface area (Å²) in [5.41, 5.74) is 0.825. The van der Waals surface area contributed by atoms with Crippen molar-refractivity contribution in [2.24, 2.45) is 5.92 Å². The van der Waals surface area contributed by atoms with Gasteiger partial charge in [-0.1, -0.05) is 44.2 Å². The van der Waals surface area contributed by atoms with Gasteiger partial charge >= 0.3 is 29.1 Å². The zero-order valence-corrected chi connectivity index (χ0v) is 11.2. The first kappa shape index (κ1) is 20.2. The Labute approximate surface area is 107 Å². The van der Waals surface area contributed by atoms with Crippen LogP contribution in [0.3, 0.4) is 0 Å². The summed E-state index contributed by atoms with van der Waals surface area (Å²) in [6, 6.07) is 9.45. The molecular weight excluding hydrogens is 293 g/mol. The molecule has 0 aliphatic heterocycles. The molecule has 0 saturated heterocycles. The summed E-state index contributed by atoms with van der Waals surface area (Å²) >= 11 is 0. The summed E-state index contributed by atoms with van der Waals surface area (Å²) in [6.45, 7) is 4.11. The number of Topliss-reactive ketones (excluding diaryl/α,β-unsaturated/α-hetero) is 1. The van der Waals surface area contributed by atoms with E-state index in [0.717, 1.165) is 5.56 Å². The van der Waals surface area contributed by atoms with Crippen LogP contribution in [0.4, 0.5) is 21.0 Å². The molecular formula is C11H14F6OP-. The molecule has 0 heterocycles. The van der Waals surface area contributed by atoms with Gasteiger partial charge in [0.25, 0.3) is 0 Å². The zero-order valence-electron chi connectivity index (χ0n) is 10.3. The van der Waals surface area contributed by atoms with Crippen LogP contribution < -0.4 is 4.70 Å². The molecule has 1 rings (SSSR count). The fourth-order valence-electron chi connectivity index (χ4n) is 1.11. The molecule has 0 spiro atoms. The van der Waals surface area contributed by atoms with Gasteiger partial charge in [0.15, 0.2) is 5.78 Å². The molecule has 19 heavy (non-hydrogen) atoms. The predicted octanol–water partition coefficient (Wildman–Crippen LogP) is 2.88. The summed E-state index contributed by atoms with van der Waals surface area (Å²) < 4.78 is 49.2. The summed E-state index contributed by atoms with van der Waals surface area (Å²) in [6.07, 6.45) is 0.643. The Morgan fingerprint density at radius 1 is 1.05 bits per heavy atom. The Kier molecular flexibility index (Phi) is 7.96. The minimum Gasteiger partial charge on any atom is -1.00 e. The van der Waals surface area contributed by atoms with Crippen LogP contribution in [-0.2, 0) is 0 Å². The molecule has 0 N–H and O–H groups in total. The molecule has 1 aromatic rings. The van der Waals surface area contributed by atoms with Gasteiger partial charge in [0.1, 0.15) is 0 Å². The minimum atomic E-state index is -8.55. The van der Waals surface area contributed by atoms with E-state index in [1.165, 1.54) is 0 Å². The average Bonchev–Trinajstić information content (AvgIpc) is 2.14. The Hall–Kier alpha value is -1.10. The molecule has 0 saturated carbocycles. The Balaban J connectivity index is 0. The van der Waals surface area contributed by atoms with Gasteiger partial charge in [0.2, 0.25) is 0 Å².